The number of anilines is 1. The molecule has 5 rings (SSSR count). The summed E-state index contributed by atoms with van der Waals surface area (Å²) in [7, 11) is 1.58. The van der Waals surface area contributed by atoms with Gasteiger partial charge in [0.05, 0.1) is 29.3 Å². The fraction of sp³-hybridized carbons (Fsp3) is 0.214. The molecule has 0 spiro atoms. The Hall–Kier alpha value is -4.10. The molecular formula is C28H27N3O4. The number of hydrogen-bond donors (Lipinski definition) is 1. The predicted molar refractivity (Wildman–Crippen MR) is 134 cm³/mol. The monoisotopic (exact) mass is 469 g/mol. The van der Waals surface area contributed by atoms with Crippen LogP contribution in [0.25, 0.3) is 11.0 Å². The molecule has 2 heterocycles. The van der Waals surface area contributed by atoms with Crippen molar-refractivity contribution in [2.24, 2.45) is 0 Å². The zero-order valence-electron chi connectivity index (χ0n) is 19.7. The molecular weight excluding hydrogens is 442 g/mol. The van der Waals surface area contributed by atoms with E-state index in [0.29, 0.717) is 30.4 Å². The van der Waals surface area contributed by atoms with Crippen molar-refractivity contribution in [3.63, 3.8) is 0 Å². The van der Waals surface area contributed by atoms with Gasteiger partial charge in [0, 0.05) is 12.8 Å². The Balaban J connectivity index is 1.50. The summed E-state index contributed by atoms with van der Waals surface area (Å²) in [5, 5.41) is 3.29. The summed E-state index contributed by atoms with van der Waals surface area (Å²) in [6.07, 6.45) is 0. The average Bonchev–Trinajstić information content (AvgIpc) is 3.25. The topological polar surface area (TPSA) is 74.6 Å². The Bertz CT molecular complexity index is 1360. The minimum Gasteiger partial charge on any atom is -0.489 e. The van der Waals surface area contributed by atoms with E-state index < -0.39 is 6.04 Å². The first-order valence-corrected chi connectivity index (χ1v) is 11.5. The van der Waals surface area contributed by atoms with Crippen molar-refractivity contribution < 1.29 is 19.0 Å². The normalized spacial score (nSPS) is 15.0. The number of para-hydroxylation sites is 2. The molecule has 1 aromatic heterocycles. The summed E-state index contributed by atoms with van der Waals surface area (Å²) < 4.78 is 18.6. The van der Waals surface area contributed by atoms with Crippen molar-refractivity contribution in [2.75, 3.05) is 25.6 Å². The van der Waals surface area contributed by atoms with Gasteiger partial charge >= 0.3 is 5.97 Å². The second-order valence-corrected chi connectivity index (χ2v) is 8.33. The van der Waals surface area contributed by atoms with Crippen LogP contribution < -0.4 is 10.1 Å². The van der Waals surface area contributed by atoms with Gasteiger partial charge in [-0.2, -0.15) is 0 Å². The molecule has 35 heavy (non-hydrogen) atoms. The number of esters is 1. The average molecular weight is 470 g/mol. The number of nitrogens with zero attached hydrogens (tertiary/aromatic N) is 2. The first-order chi connectivity index (χ1) is 17.2. The van der Waals surface area contributed by atoms with Crippen LogP contribution in [0.4, 0.5) is 5.95 Å². The molecule has 1 aliphatic rings. The van der Waals surface area contributed by atoms with Gasteiger partial charge in [-0.25, -0.2) is 9.78 Å². The highest BCUT2D eigenvalue weighted by Gasteiger charge is 2.35. The molecule has 1 atom stereocenters. The number of fused-ring (bicyclic) bond motifs is 3. The van der Waals surface area contributed by atoms with Gasteiger partial charge in [-0.1, -0.05) is 54.6 Å². The van der Waals surface area contributed by atoms with Gasteiger partial charge in [0.25, 0.3) is 0 Å². The molecule has 0 amide bonds. The van der Waals surface area contributed by atoms with Crippen LogP contribution in [0.3, 0.4) is 0 Å². The lowest BCUT2D eigenvalue weighted by molar-refractivity contribution is -0.140. The second-order valence-electron chi connectivity index (χ2n) is 8.33. The van der Waals surface area contributed by atoms with Gasteiger partial charge in [-0.05, 0) is 42.3 Å². The van der Waals surface area contributed by atoms with Gasteiger partial charge < -0.3 is 19.5 Å². The van der Waals surface area contributed by atoms with Crippen molar-refractivity contribution in [3.05, 3.63) is 101 Å². The van der Waals surface area contributed by atoms with Crippen LogP contribution in [-0.2, 0) is 20.9 Å². The third kappa shape index (κ3) is 4.63. The van der Waals surface area contributed by atoms with Crippen LogP contribution in [0.2, 0.25) is 0 Å². The van der Waals surface area contributed by atoms with Gasteiger partial charge in [-0.15, -0.1) is 0 Å². The Kier molecular flexibility index (Phi) is 6.50. The first-order valence-electron chi connectivity index (χ1n) is 11.5. The standard InChI is InChI=1S/C28H27N3O4/c1-19-25(27(32)34-17-16-33-2)26(31-24-11-7-6-10-23(24)30-28(31)29-19)21-12-14-22(15-13-21)35-18-20-8-4-3-5-9-20/h3-15,26H,16-18H2,1-2H3,(H,29,30). The van der Waals surface area contributed by atoms with Crippen molar-refractivity contribution >= 4 is 23.0 Å². The minimum absolute atomic E-state index is 0.183. The van der Waals surface area contributed by atoms with Gasteiger partial charge in [0.1, 0.15) is 19.0 Å². The Labute approximate surface area is 204 Å². The summed E-state index contributed by atoms with van der Waals surface area (Å²) in [6.45, 7) is 2.88. The lowest BCUT2D eigenvalue weighted by atomic mass is 9.95. The van der Waals surface area contributed by atoms with Gasteiger partial charge in [-0.3, -0.25) is 4.57 Å². The van der Waals surface area contributed by atoms with Crippen LogP contribution in [0.5, 0.6) is 5.75 Å². The van der Waals surface area contributed by atoms with E-state index in [-0.39, 0.29) is 12.6 Å². The Morgan fingerprint density at radius 3 is 2.49 bits per heavy atom. The highest BCUT2D eigenvalue weighted by atomic mass is 16.6. The summed E-state index contributed by atoms with van der Waals surface area (Å²) in [4.78, 5) is 18.0. The van der Waals surface area contributed by atoms with Crippen LogP contribution in [0.15, 0.2) is 90.1 Å². The number of imidazole rings is 1. The molecule has 0 radical (unpaired) electrons. The van der Waals surface area contributed by atoms with Crippen molar-refractivity contribution in [1.29, 1.82) is 0 Å². The number of benzene rings is 3. The van der Waals surface area contributed by atoms with Crippen LogP contribution in [0, 0.1) is 0 Å². The molecule has 4 aromatic rings. The number of carbonyl (C=O) groups is 1. The lowest BCUT2D eigenvalue weighted by Crippen LogP contribution is -2.29. The molecule has 1 N–H and O–H groups in total. The fourth-order valence-corrected chi connectivity index (χ4v) is 4.33. The molecule has 0 bridgehead atoms. The first kappa shape index (κ1) is 22.7. The number of nitrogens with one attached hydrogen (secondary N) is 1. The SMILES string of the molecule is COCCOC(=O)C1=C(C)Nc2nc3ccccc3n2C1c1ccc(OCc2ccccc2)cc1. The van der Waals surface area contributed by atoms with E-state index in [2.05, 4.69) is 9.88 Å². The number of ether oxygens (including phenoxy) is 3. The molecule has 178 valence electrons. The fourth-order valence-electron chi connectivity index (χ4n) is 4.33. The molecule has 0 fully saturated rings. The second kappa shape index (κ2) is 10.0. The van der Waals surface area contributed by atoms with E-state index >= 15 is 0 Å². The van der Waals surface area contributed by atoms with E-state index in [1.807, 2.05) is 85.8 Å². The minimum atomic E-state index is -0.406. The Morgan fingerprint density at radius 2 is 1.71 bits per heavy atom. The van der Waals surface area contributed by atoms with E-state index in [1.54, 1.807) is 7.11 Å². The van der Waals surface area contributed by atoms with Gasteiger partial charge in [0.15, 0.2) is 0 Å². The van der Waals surface area contributed by atoms with Crippen molar-refractivity contribution in [3.8, 4) is 5.75 Å². The van der Waals surface area contributed by atoms with E-state index in [4.69, 9.17) is 19.2 Å². The summed E-state index contributed by atoms with van der Waals surface area (Å²) >= 11 is 0. The molecule has 1 aliphatic heterocycles. The largest absolute Gasteiger partial charge is 0.489 e. The highest BCUT2D eigenvalue weighted by molar-refractivity contribution is 5.94. The summed E-state index contributed by atoms with van der Waals surface area (Å²) in [5.41, 5.74) is 5.06. The van der Waals surface area contributed by atoms with E-state index in [0.717, 1.165) is 27.9 Å². The van der Waals surface area contributed by atoms with E-state index in [1.165, 1.54) is 0 Å². The third-order valence-electron chi connectivity index (χ3n) is 6.02. The third-order valence-corrected chi connectivity index (χ3v) is 6.02. The van der Waals surface area contributed by atoms with Crippen molar-refractivity contribution in [1.82, 2.24) is 9.55 Å². The molecule has 7 heteroatoms. The van der Waals surface area contributed by atoms with Gasteiger partial charge in [0.2, 0.25) is 5.95 Å². The number of rotatable bonds is 8. The summed E-state index contributed by atoms with van der Waals surface area (Å²) in [5.74, 6) is 1.06. The smallest absolute Gasteiger partial charge is 0.338 e. The zero-order valence-corrected chi connectivity index (χ0v) is 19.7. The maximum atomic E-state index is 13.2. The van der Waals surface area contributed by atoms with E-state index in [9.17, 15) is 4.79 Å². The molecule has 3 aromatic carbocycles. The zero-order chi connectivity index (χ0) is 24.2. The lowest BCUT2D eigenvalue weighted by Gasteiger charge is -2.30. The maximum absolute atomic E-state index is 13.2. The van der Waals surface area contributed by atoms with Crippen molar-refractivity contribution in [2.45, 2.75) is 19.6 Å². The molecule has 0 saturated carbocycles. The number of hydrogen-bond acceptors (Lipinski definition) is 6. The summed E-state index contributed by atoms with van der Waals surface area (Å²) in [6, 6.07) is 25.4. The number of aromatic nitrogens is 2. The molecule has 1 unspecified atom stereocenters. The molecule has 0 saturated heterocycles. The molecule has 7 nitrogen and oxygen atoms in total. The number of allylic oxidation sites excluding steroid dienone is 1. The quantitative estimate of drug-likeness (QED) is 0.286. The van der Waals surface area contributed by atoms with Crippen LogP contribution in [-0.4, -0.2) is 35.8 Å². The predicted octanol–water partition coefficient (Wildman–Crippen LogP) is 5.09. The van der Waals surface area contributed by atoms with Crippen LogP contribution >= 0.6 is 0 Å². The number of methoxy groups -OCH3 is 1. The Morgan fingerprint density at radius 1 is 0.971 bits per heavy atom. The highest BCUT2D eigenvalue weighted by Crippen LogP contribution is 2.39. The maximum Gasteiger partial charge on any atom is 0.338 e. The van der Waals surface area contributed by atoms with Crippen LogP contribution in [0.1, 0.15) is 24.1 Å². The molecule has 0 aliphatic carbocycles. The number of carbonyl (C=O) groups excluding carboxylic acids is 1.